The lowest BCUT2D eigenvalue weighted by atomic mass is 10.0. The number of esters is 1. The Morgan fingerprint density at radius 1 is 0.925 bits per heavy atom. The van der Waals surface area contributed by atoms with Gasteiger partial charge in [-0.3, -0.25) is 14.3 Å². The number of carbonyl (C=O) groups is 2. The first-order valence-corrected chi connectivity index (χ1v) is 14.1. The second-order valence-electron chi connectivity index (χ2n) is 9.44. The standard InChI is InChI=1S/C29H28N4O6S/c1-20-27(28(35)33(31(20)2)24-10-4-3-5-11-24)30-26(34)19-39-29(36)22-12-14-25(15-13-22)40(37,38)32-17-16-21-8-6-7-9-23(21)18-32/h3-15H,16-19H2,1-2H3,(H,30,34). The molecule has 11 heteroatoms. The van der Waals surface area contributed by atoms with Gasteiger partial charge in [0.2, 0.25) is 10.0 Å². The molecule has 10 nitrogen and oxygen atoms in total. The summed E-state index contributed by atoms with van der Waals surface area (Å²) in [5, 5.41) is 2.53. The van der Waals surface area contributed by atoms with Gasteiger partial charge in [-0.1, -0.05) is 42.5 Å². The van der Waals surface area contributed by atoms with E-state index in [2.05, 4.69) is 5.32 Å². The van der Waals surface area contributed by atoms with E-state index in [4.69, 9.17) is 4.74 Å². The van der Waals surface area contributed by atoms with E-state index in [0.717, 1.165) is 11.1 Å². The molecular formula is C29H28N4O6S. The summed E-state index contributed by atoms with van der Waals surface area (Å²) < 4.78 is 35.9. The molecular weight excluding hydrogens is 532 g/mol. The van der Waals surface area contributed by atoms with E-state index < -0.39 is 34.1 Å². The number of nitrogens with one attached hydrogen (secondary N) is 1. The van der Waals surface area contributed by atoms with Crippen LogP contribution in [0.2, 0.25) is 0 Å². The first-order chi connectivity index (χ1) is 19.2. The molecule has 0 saturated heterocycles. The second-order valence-corrected chi connectivity index (χ2v) is 11.4. The minimum absolute atomic E-state index is 0.0652. The van der Waals surface area contributed by atoms with Crippen LogP contribution < -0.4 is 10.9 Å². The molecule has 1 aliphatic rings. The van der Waals surface area contributed by atoms with E-state index in [-0.39, 0.29) is 22.7 Å². The van der Waals surface area contributed by atoms with E-state index in [1.165, 1.54) is 33.3 Å². The predicted molar refractivity (Wildman–Crippen MR) is 149 cm³/mol. The maximum Gasteiger partial charge on any atom is 0.338 e. The van der Waals surface area contributed by atoms with Gasteiger partial charge >= 0.3 is 5.97 Å². The fraction of sp³-hybridized carbons (Fsp3) is 0.207. The third-order valence-electron chi connectivity index (χ3n) is 6.98. The average Bonchev–Trinajstić information content (AvgIpc) is 3.18. The van der Waals surface area contributed by atoms with Crippen molar-refractivity contribution in [2.45, 2.75) is 24.8 Å². The molecule has 40 heavy (non-hydrogen) atoms. The van der Waals surface area contributed by atoms with Gasteiger partial charge in [0.1, 0.15) is 5.69 Å². The molecule has 2 heterocycles. The molecule has 0 atom stereocenters. The lowest BCUT2D eigenvalue weighted by Gasteiger charge is -2.28. The maximum atomic E-state index is 13.2. The Balaban J connectivity index is 1.21. The van der Waals surface area contributed by atoms with Gasteiger partial charge < -0.3 is 10.1 Å². The van der Waals surface area contributed by atoms with Crippen LogP contribution >= 0.6 is 0 Å². The Morgan fingerprint density at radius 3 is 2.27 bits per heavy atom. The van der Waals surface area contributed by atoms with Crippen LogP contribution in [0.4, 0.5) is 5.69 Å². The van der Waals surface area contributed by atoms with Gasteiger partial charge in [0.05, 0.1) is 21.8 Å². The molecule has 1 aromatic heterocycles. The molecule has 0 unspecified atom stereocenters. The summed E-state index contributed by atoms with van der Waals surface area (Å²) in [5.41, 5.74) is 3.05. The third-order valence-corrected chi connectivity index (χ3v) is 8.84. The Labute approximate surface area is 231 Å². The zero-order valence-electron chi connectivity index (χ0n) is 22.0. The summed E-state index contributed by atoms with van der Waals surface area (Å²) in [7, 11) is -2.05. The van der Waals surface area contributed by atoms with E-state index in [9.17, 15) is 22.8 Å². The molecule has 1 aliphatic heterocycles. The number of anilines is 1. The number of carbonyl (C=O) groups excluding carboxylic acids is 2. The number of hydrogen-bond acceptors (Lipinski definition) is 6. The summed E-state index contributed by atoms with van der Waals surface area (Å²) in [4.78, 5) is 38.1. The number of para-hydroxylation sites is 1. The normalized spacial score (nSPS) is 13.4. The molecule has 0 radical (unpaired) electrons. The summed E-state index contributed by atoms with van der Waals surface area (Å²) in [5.74, 6) is -1.47. The van der Waals surface area contributed by atoms with Gasteiger partial charge in [-0.25, -0.2) is 17.9 Å². The highest BCUT2D eigenvalue weighted by atomic mass is 32.2. The van der Waals surface area contributed by atoms with E-state index in [0.29, 0.717) is 24.3 Å². The molecule has 0 spiro atoms. The Kier molecular flexibility index (Phi) is 7.42. The number of ether oxygens (including phenoxy) is 1. The summed E-state index contributed by atoms with van der Waals surface area (Å²) in [6.07, 6.45) is 0.629. The zero-order valence-corrected chi connectivity index (χ0v) is 22.8. The number of sulfonamides is 1. The maximum absolute atomic E-state index is 13.2. The molecule has 1 N–H and O–H groups in total. The van der Waals surface area contributed by atoms with Crippen molar-refractivity contribution in [2.24, 2.45) is 7.05 Å². The second kappa shape index (κ2) is 10.9. The van der Waals surface area contributed by atoms with Crippen LogP contribution in [-0.4, -0.2) is 47.1 Å². The molecule has 1 amide bonds. The van der Waals surface area contributed by atoms with Crippen molar-refractivity contribution >= 4 is 27.6 Å². The minimum atomic E-state index is -3.75. The van der Waals surface area contributed by atoms with Crippen molar-refractivity contribution in [3.63, 3.8) is 0 Å². The number of amides is 1. The highest BCUT2D eigenvalue weighted by molar-refractivity contribution is 7.89. The SMILES string of the molecule is Cc1c(NC(=O)COC(=O)c2ccc(S(=O)(=O)N3CCc4ccccc4C3)cc2)c(=O)n(-c2ccccc2)n1C. The molecule has 0 bridgehead atoms. The number of benzene rings is 3. The zero-order chi connectivity index (χ0) is 28.4. The van der Waals surface area contributed by atoms with Crippen molar-refractivity contribution in [1.82, 2.24) is 13.7 Å². The lowest BCUT2D eigenvalue weighted by Crippen LogP contribution is -2.35. The summed E-state index contributed by atoms with van der Waals surface area (Å²) in [6.45, 7) is 1.73. The van der Waals surface area contributed by atoms with E-state index >= 15 is 0 Å². The van der Waals surface area contributed by atoms with Crippen LogP contribution in [0.25, 0.3) is 5.69 Å². The van der Waals surface area contributed by atoms with Crippen molar-refractivity contribution in [3.05, 3.63) is 112 Å². The van der Waals surface area contributed by atoms with Gasteiger partial charge in [-0.2, -0.15) is 4.31 Å². The van der Waals surface area contributed by atoms with Crippen molar-refractivity contribution < 1.29 is 22.7 Å². The monoisotopic (exact) mass is 560 g/mol. The van der Waals surface area contributed by atoms with E-state index in [1.54, 1.807) is 42.9 Å². The smallest absolute Gasteiger partial charge is 0.338 e. The van der Waals surface area contributed by atoms with Crippen LogP contribution in [0, 0.1) is 6.92 Å². The summed E-state index contributed by atoms with van der Waals surface area (Å²) >= 11 is 0. The molecule has 5 rings (SSSR count). The number of fused-ring (bicyclic) bond motifs is 1. The molecule has 0 aliphatic carbocycles. The quantitative estimate of drug-likeness (QED) is 0.347. The van der Waals surface area contributed by atoms with Crippen LogP contribution in [0.5, 0.6) is 0 Å². The third kappa shape index (κ3) is 5.21. The number of nitrogens with zero attached hydrogens (tertiary/aromatic N) is 3. The van der Waals surface area contributed by atoms with Crippen molar-refractivity contribution in [2.75, 3.05) is 18.5 Å². The van der Waals surface area contributed by atoms with Gasteiger partial charge in [0.25, 0.3) is 11.5 Å². The molecule has 3 aromatic carbocycles. The van der Waals surface area contributed by atoms with E-state index in [1.807, 2.05) is 30.3 Å². The lowest BCUT2D eigenvalue weighted by molar-refractivity contribution is -0.119. The van der Waals surface area contributed by atoms with Crippen LogP contribution in [-0.2, 0) is 39.6 Å². The van der Waals surface area contributed by atoms with Crippen molar-refractivity contribution in [1.29, 1.82) is 0 Å². The Bertz CT molecular complexity index is 1740. The Hall–Kier alpha value is -4.48. The average molecular weight is 561 g/mol. The predicted octanol–water partition coefficient (Wildman–Crippen LogP) is 3.03. The molecule has 0 fully saturated rings. The fourth-order valence-electron chi connectivity index (χ4n) is 4.69. The molecule has 0 saturated carbocycles. The number of aromatic nitrogens is 2. The Morgan fingerprint density at radius 2 is 1.57 bits per heavy atom. The highest BCUT2D eigenvalue weighted by Gasteiger charge is 2.28. The van der Waals surface area contributed by atoms with Crippen LogP contribution in [0.15, 0.2) is 88.6 Å². The topological polar surface area (TPSA) is 120 Å². The van der Waals surface area contributed by atoms with Crippen LogP contribution in [0.1, 0.15) is 27.2 Å². The first kappa shape index (κ1) is 27.1. The molecule has 4 aromatic rings. The summed E-state index contributed by atoms with van der Waals surface area (Å²) in [6, 6.07) is 22.1. The van der Waals surface area contributed by atoms with Gasteiger partial charge in [-0.15, -0.1) is 0 Å². The minimum Gasteiger partial charge on any atom is -0.452 e. The highest BCUT2D eigenvalue weighted by Crippen LogP contribution is 2.25. The largest absolute Gasteiger partial charge is 0.452 e. The van der Waals surface area contributed by atoms with Gasteiger partial charge in [0, 0.05) is 20.1 Å². The molecule has 206 valence electrons. The number of hydrogen-bond donors (Lipinski definition) is 1. The van der Waals surface area contributed by atoms with Crippen LogP contribution in [0.3, 0.4) is 0 Å². The fourth-order valence-corrected chi connectivity index (χ4v) is 6.11. The number of rotatable bonds is 7. The van der Waals surface area contributed by atoms with Gasteiger partial charge in [-0.05, 0) is 60.9 Å². The first-order valence-electron chi connectivity index (χ1n) is 12.6. The van der Waals surface area contributed by atoms with Gasteiger partial charge in [0.15, 0.2) is 6.61 Å². The van der Waals surface area contributed by atoms with Crippen molar-refractivity contribution in [3.8, 4) is 5.69 Å².